The van der Waals surface area contributed by atoms with E-state index in [1.54, 1.807) is 18.2 Å². The Hall–Kier alpha value is -3.23. The van der Waals surface area contributed by atoms with Crippen molar-refractivity contribution in [1.29, 1.82) is 0 Å². The van der Waals surface area contributed by atoms with Crippen molar-refractivity contribution in [3.63, 3.8) is 0 Å². The molecule has 25 heavy (non-hydrogen) atoms. The van der Waals surface area contributed by atoms with Crippen molar-refractivity contribution in [3.05, 3.63) is 62.6 Å². The van der Waals surface area contributed by atoms with E-state index in [-0.39, 0.29) is 23.5 Å². The lowest BCUT2D eigenvalue weighted by molar-refractivity contribution is -0.384. The Morgan fingerprint density at radius 1 is 1.24 bits per heavy atom. The number of carbonyl (C=O) groups excluding carboxylic acids is 1. The second-order valence-corrected chi connectivity index (χ2v) is 5.24. The van der Waals surface area contributed by atoms with Gasteiger partial charge in [0.05, 0.1) is 4.92 Å². The second kappa shape index (κ2) is 8.57. The van der Waals surface area contributed by atoms with E-state index in [0.29, 0.717) is 18.8 Å². The van der Waals surface area contributed by atoms with Crippen LogP contribution in [-0.4, -0.2) is 33.7 Å². The standard InChI is InChI=1S/C16H19N5O4/c1-2-11-20-15(22)8-7-13(19-20)16(23)18-10-9-17-12-5-3-4-6-14(12)21(24)25/h3-8,17H,2,9-11H2,1H3,(H,18,23). The van der Waals surface area contributed by atoms with Gasteiger partial charge in [-0.15, -0.1) is 0 Å². The van der Waals surface area contributed by atoms with Crippen LogP contribution in [0.5, 0.6) is 0 Å². The minimum Gasteiger partial charge on any atom is -0.378 e. The number of aromatic nitrogens is 2. The molecule has 0 fully saturated rings. The molecule has 0 radical (unpaired) electrons. The average Bonchev–Trinajstić information content (AvgIpc) is 2.60. The zero-order valence-electron chi connectivity index (χ0n) is 13.8. The van der Waals surface area contributed by atoms with Gasteiger partial charge in [-0.05, 0) is 18.6 Å². The van der Waals surface area contributed by atoms with Crippen molar-refractivity contribution < 1.29 is 9.72 Å². The fourth-order valence-electron chi connectivity index (χ4n) is 2.19. The molecule has 0 aliphatic carbocycles. The predicted molar refractivity (Wildman–Crippen MR) is 92.7 cm³/mol. The molecule has 0 spiro atoms. The normalized spacial score (nSPS) is 10.3. The number of nitrogens with one attached hydrogen (secondary N) is 2. The fraction of sp³-hybridized carbons (Fsp3) is 0.312. The number of nitro benzene ring substituents is 1. The van der Waals surface area contributed by atoms with Crippen LogP contribution >= 0.6 is 0 Å². The molecular formula is C16H19N5O4. The van der Waals surface area contributed by atoms with E-state index < -0.39 is 10.8 Å². The highest BCUT2D eigenvalue weighted by Gasteiger charge is 2.12. The van der Waals surface area contributed by atoms with E-state index in [4.69, 9.17) is 0 Å². The number of nitro groups is 1. The fourth-order valence-corrected chi connectivity index (χ4v) is 2.19. The minimum absolute atomic E-state index is 0.0258. The van der Waals surface area contributed by atoms with Gasteiger partial charge in [-0.25, -0.2) is 4.68 Å². The van der Waals surface area contributed by atoms with Gasteiger partial charge in [-0.3, -0.25) is 19.7 Å². The maximum atomic E-state index is 12.1. The van der Waals surface area contributed by atoms with Crippen LogP contribution < -0.4 is 16.2 Å². The number of anilines is 1. The highest BCUT2D eigenvalue weighted by Crippen LogP contribution is 2.22. The van der Waals surface area contributed by atoms with Crippen molar-refractivity contribution in [1.82, 2.24) is 15.1 Å². The number of hydrogen-bond acceptors (Lipinski definition) is 6. The third-order valence-corrected chi connectivity index (χ3v) is 3.36. The minimum atomic E-state index is -0.470. The lowest BCUT2D eigenvalue weighted by Crippen LogP contribution is -2.32. The molecule has 9 heteroatoms. The van der Waals surface area contributed by atoms with Gasteiger partial charge >= 0.3 is 0 Å². The SMILES string of the molecule is CCCn1nc(C(=O)NCCNc2ccccc2[N+](=O)[O-])ccc1=O. The Bertz CT molecular complexity index is 818. The first-order valence-corrected chi connectivity index (χ1v) is 7.86. The maximum Gasteiger partial charge on any atom is 0.292 e. The first-order valence-electron chi connectivity index (χ1n) is 7.86. The predicted octanol–water partition coefficient (Wildman–Crippen LogP) is 1.40. The summed E-state index contributed by atoms with van der Waals surface area (Å²) >= 11 is 0. The molecule has 2 aromatic rings. The maximum absolute atomic E-state index is 12.1. The van der Waals surface area contributed by atoms with Crippen LogP contribution in [-0.2, 0) is 6.54 Å². The molecule has 132 valence electrons. The summed E-state index contributed by atoms with van der Waals surface area (Å²) in [7, 11) is 0. The lowest BCUT2D eigenvalue weighted by atomic mass is 10.2. The number of para-hydroxylation sites is 2. The summed E-state index contributed by atoms with van der Waals surface area (Å²) in [6, 6.07) is 8.96. The highest BCUT2D eigenvalue weighted by molar-refractivity contribution is 5.92. The van der Waals surface area contributed by atoms with Crippen LogP contribution in [0, 0.1) is 10.1 Å². The molecule has 0 aliphatic heterocycles. The number of aryl methyl sites for hydroxylation is 1. The van der Waals surface area contributed by atoms with Crippen LogP contribution in [0.1, 0.15) is 23.8 Å². The zero-order chi connectivity index (χ0) is 18.2. The number of amides is 1. The van der Waals surface area contributed by atoms with Crippen molar-refractivity contribution in [2.24, 2.45) is 0 Å². The first kappa shape index (κ1) is 18.1. The van der Waals surface area contributed by atoms with Gasteiger partial charge in [0.25, 0.3) is 17.2 Å². The summed E-state index contributed by atoms with van der Waals surface area (Å²) in [6.07, 6.45) is 0.734. The van der Waals surface area contributed by atoms with Gasteiger partial charge in [0, 0.05) is 31.8 Å². The Kier molecular flexibility index (Phi) is 6.21. The third kappa shape index (κ3) is 4.87. The molecule has 0 unspecified atom stereocenters. The molecule has 0 bridgehead atoms. The van der Waals surface area contributed by atoms with Crippen molar-refractivity contribution in [2.75, 3.05) is 18.4 Å². The molecule has 1 heterocycles. The average molecular weight is 345 g/mol. The molecule has 0 aliphatic rings. The number of benzene rings is 1. The Labute approximate surface area is 143 Å². The van der Waals surface area contributed by atoms with E-state index in [1.807, 2.05) is 6.92 Å². The summed E-state index contributed by atoms with van der Waals surface area (Å²) in [6.45, 7) is 2.92. The summed E-state index contributed by atoms with van der Waals surface area (Å²) < 4.78 is 1.25. The molecule has 2 N–H and O–H groups in total. The van der Waals surface area contributed by atoms with Gasteiger partial charge in [0.2, 0.25) is 0 Å². The first-order chi connectivity index (χ1) is 12.0. The van der Waals surface area contributed by atoms with Crippen molar-refractivity contribution >= 4 is 17.3 Å². The molecular weight excluding hydrogens is 326 g/mol. The van der Waals surface area contributed by atoms with Gasteiger partial charge in [-0.1, -0.05) is 19.1 Å². The number of carbonyl (C=O) groups is 1. The van der Waals surface area contributed by atoms with Crippen LogP contribution in [0.3, 0.4) is 0 Å². The van der Waals surface area contributed by atoms with E-state index in [9.17, 15) is 19.7 Å². The van der Waals surface area contributed by atoms with E-state index in [0.717, 1.165) is 6.42 Å². The Balaban J connectivity index is 1.90. The van der Waals surface area contributed by atoms with E-state index in [1.165, 1.54) is 22.9 Å². The molecule has 0 saturated heterocycles. The largest absolute Gasteiger partial charge is 0.378 e. The molecule has 1 aromatic heterocycles. The molecule has 0 saturated carbocycles. The van der Waals surface area contributed by atoms with Crippen LogP contribution in [0.4, 0.5) is 11.4 Å². The number of rotatable bonds is 8. The topological polar surface area (TPSA) is 119 Å². The van der Waals surface area contributed by atoms with Gasteiger partial charge in [0.15, 0.2) is 0 Å². The summed E-state index contributed by atoms with van der Waals surface area (Å²) in [5.41, 5.74) is 0.258. The summed E-state index contributed by atoms with van der Waals surface area (Å²) in [5.74, 6) is -0.408. The second-order valence-electron chi connectivity index (χ2n) is 5.24. The number of nitrogens with zero attached hydrogens (tertiary/aromatic N) is 3. The highest BCUT2D eigenvalue weighted by atomic mass is 16.6. The lowest BCUT2D eigenvalue weighted by Gasteiger charge is -2.09. The van der Waals surface area contributed by atoms with Gasteiger partial charge in [-0.2, -0.15) is 5.10 Å². The Morgan fingerprint density at radius 2 is 2.00 bits per heavy atom. The quantitative estimate of drug-likeness (QED) is 0.424. The summed E-state index contributed by atoms with van der Waals surface area (Å²) in [4.78, 5) is 34.1. The van der Waals surface area contributed by atoms with Crippen molar-refractivity contribution in [3.8, 4) is 0 Å². The zero-order valence-corrected chi connectivity index (χ0v) is 13.8. The molecule has 2 rings (SSSR count). The monoisotopic (exact) mass is 345 g/mol. The van der Waals surface area contributed by atoms with Crippen LogP contribution in [0.25, 0.3) is 0 Å². The van der Waals surface area contributed by atoms with Crippen molar-refractivity contribution in [2.45, 2.75) is 19.9 Å². The third-order valence-electron chi connectivity index (χ3n) is 3.36. The van der Waals surface area contributed by atoms with Gasteiger partial charge in [0.1, 0.15) is 11.4 Å². The number of hydrogen-bond donors (Lipinski definition) is 2. The van der Waals surface area contributed by atoms with E-state index >= 15 is 0 Å². The molecule has 1 aromatic carbocycles. The molecule has 0 atom stereocenters. The van der Waals surface area contributed by atoms with Crippen LogP contribution in [0.15, 0.2) is 41.2 Å². The van der Waals surface area contributed by atoms with Crippen LogP contribution in [0.2, 0.25) is 0 Å². The Morgan fingerprint density at radius 3 is 2.72 bits per heavy atom. The van der Waals surface area contributed by atoms with E-state index in [2.05, 4.69) is 15.7 Å². The molecule has 1 amide bonds. The smallest absolute Gasteiger partial charge is 0.292 e. The molecule has 9 nitrogen and oxygen atoms in total. The van der Waals surface area contributed by atoms with Gasteiger partial charge < -0.3 is 10.6 Å². The summed E-state index contributed by atoms with van der Waals surface area (Å²) in [5, 5.41) is 20.5.